The van der Waals surface area contributed by atoms with E-state index in [1.807, 2.05) is 29.2 Å². The van der Waals surface area contributed by atoms with E-state index in [-0.39, 0.29) is 12.0 Å². The van der Waals surface area contributed by atoms with E-state index < -0.39 is 0 Å². The zero-order valence-electron chi connectivity index (χ0n) is 14.4. The van der Waals surface area contributed by atoms with Crippen LogP contribution in [0, 0.1) is 5.92 Å². The predicted molar refractivity (Wildman–Crippen MR) is 95.8 cm³/mol. The quantitative estimate of drug-likeness (QED) is 0.778. The number of benzene rings is 1. The Hall–Kier alpha value is -1.65. The van der Waals surface area contributed by atoms with Crippen molar-refractivity contribution in [2.45, 2.75) is 25.4 Å². The smallest absolute Gasteiger partial charge is 0.222 e. The number of fused-ring (bicyclic) bond motifs is 1. The Morgan fingerprint density at radius 1 is 1.25 bits per heavy atom. The molecule has 0 aliphatic carbocycles. The molecule has 0 saturated carbocycles. The van der Waals surface area contributed by atoms with E-state index >= 15 is 0 Å². The maximum atomic E-state index is 12.5. The number of rotatable bonds is 5. The fourth-order valence-electron chi connectivity index (χ4n) is 3.75. The van der Waals surface area contributed by atoms with E-state index in [0.29, 0.717) is 12.3 Å². The summed E-state index contributed by atoms with van der Waals surface area (Å²) in [6.45, 7) is 9.14. The zero-order chi connectivity index (χ0) is 16.8. The monoisotopic (exact) mass is 328 g/mol. The molecule has 2 saturated heterocycles. The van der Waals surface area contributed by atoms with E-state index in [0.717, 1.165) is 52.2 Å². The van der Waals surface area contributed by atoms with E-state index in [9.17, 15) is 4.79 Å². The van der Waals surface area contributed by atoms with Crippen LogP contribution in [0.25, 0.3) is 0 Å². The summed E-state index contributed by atoms with van der Waals surface area (Å²) in [5.41, 5.74) is 1.23. The molecule has 2 heterocycles. The molecule has 0 spiro atoms. The standard InChI is InChI=1S/C20H28N2O2/c1-2-11-21-13-14-24-19-16-22(12-10-18(19)15-21)20(23)9-8-17-6-4-3-5-7-17/h2-7,18-19H,1,8-16H2/t18-,19-/m0/s1. The molecule has 2 aliphatic heterocycles. The maximum Gasteiger partial charge on any atom is 0.222 e. The Balaban J connectivity index is 1.51. The summed E-state index contributed by atoms with van der Waals surface area (Å²) in [6, 6.07) is 10.2. The van der Waals surface area contributed by atoms with Gasteiger partial charge in [-0.2, -0.15) is 0 Å². The lowest BCUT2D eigenvalue weighted by Gasteiger charge is -2.38. The van der Waals surface area contributed by atoms with E-state index in [1.165, 1.54) is 5.56 Å². The summed E-state index contributed by atoms with van der Waals surface area (Å²) < 4.78 is 6.06. The van der Waals surface area contributed by atoms with E-state index in [2.05, 4.69) is 23.6 Å². The molecule has 2 fully saturated rings. The Labute approximate surface area is 145 Å². The fraction of sp³-hybridized carbons (Fsp3) is 0.550. The SMILES string of the molecule is C=CCN1CCO[C@H]2CN(C(=O)CCc3ccccc3)CC[C@H]2C1. The van der Waals surface area contributed by atoms with Crippen molar-refractivity contribution in [2.75, 3.05) is 39.3 Å². The molecule has 0 unspecified atom stereocenters. The largest absolute Gasteiger partial charge is 0.375 e. The van der Waals surface area contributed by atoms with Crippen molar-refractivity contribution >= 4 is 5.91 Å². The van der Waals surface area contributed by atoms with Gasteiger partial charge in [0.25, 0.3) is 0 Å². The second-order valence-corrected chi connectivity index (χ2v) is 6.83. The van der Waals surface area contributed by atoms with Gasteiger partial charge in [-0.15, -0.1) is 6.58 Å². The lowest BCUT2D eigenvalue weighted by Crippen LogP contribution is -2.49. The van der Waals surface area contributed by atoms with Crippen LogP contribution in [0.1, 0.15) is 18.4 Å². The second-order valence-electron chi connectivity index (χ2n) is 6.83. The Morgan fingerprint density at radius 2 is 2.08 bits per heavy atom. The number of aryl methyl sites for hydroxylation is 1. The van der Waals surface area contributed by atoms with Crippen LogP contribution in [0.3, 0.4) is 0 Å². The van der Waals surface area contributed by atoms with Crippen molar-refractivity contribution in [2.24, 2.45) is 5.92 Å². The normalized spacial score (nSPS) is 24.9. The van der Waals surface area contributed by atoms with Crippen LogP contribution in [-0.2, 0) is 16.0 Å². The fourth-order valence-corrected chi connectivity index (χ4v) is 3.75. The van der Waals surface area contributed by atoms with Gasteiger partial charge in [0, 0.05) is 45.1 Å². The van der Waals surface area contributed by atoms with Crippen molar-refractivity contribution in [3.63, 3.8) is 0 Å². The topological polar surface area (TPSA) is 32.8 Å². The molecule has 1 aromatic carbocycles. The van der Waals surface area contributed by atoms with Gasteiger partial charge in [-0.05, 0) is 18.4 Å². The first-order chi connectivity index (χ1) is 11.8. The number of carbonyl (C=O) groups excluding carboxylic acids is 1. The van der Waals surface area contributed by atoms with Gasteiger partial charge in [-0.3, -0.25) is 9.69 Å². The summed E-state index contributed by atoms with van der Waals surface area (Å²) in [5.74, 6) is 0.790. The third-order valence-corrected chi connectivity index (χ3v) is 5.14. The summed E-state index contributed by atoms with van der Waals surface area (Å²) in [7, 11) is 0. The number of hydrogen-bond acceptors (Lipinski definition) is 3. The zero-order valence-corrected chi connectivity index (χ0v) is 14.4. The van der Waals surface area contributed by atoms with Gasteiger partial charge >= 0.3 is 0 Å². The number of likely N-dealkylation sites (tertiary alicyclic amines) is 1. The first kappa shape index (κ1) is 17.2. The van der Waals surface area contributed by atoms with Crippen molar-refractivity contribution in [1.82, 2.24) is 9.80 Å². The number of nitrogens with zero attached hydrogens (tertiary/aromatic N) is 2. The minimum atomic E-state index is 0.189. The van der Waals surface area contributed by atoms with Crippen molar-refractivity contribution in [3.8, 4) is 0 Å². The molecule has 0 aromatic heterocycles. The van der Waals surface area contributed by atoms with Gasteiger partial charge in [0.1, 0.15) is 0 Å². The highest BCUT2D eigenvalue weighted by Gasteiger charge is 2.34. The van der Waals surface area contributed by atoms with Gasteiger partial charge in [0.2, 0.25) is 5.91 Å². The Bertz CT molecular complexity index is 546. The molecular formula is C20H28N2O2. The van der Waals surface area contributed by atoms with Crippen LogP contribution in [0.15, 0.2) is 43.0 Å². The minimum Gasteiger partial charge on any atom is -0.375 e. The third-order valence-electron chi connectivity index (χ3n) is 5.14. The first-order valence-corrected chi connectivity index (χ1v) is 9.03. The first-order valence-electron chi connectivity index (χ1n) is 9.03. The molecule has 24 heavy (non-hydrogen) atoms. The van der Waals surface area contributed by atoms with Crippen LogP contribution in [0.5, 0.6) is 0 Å². The molecule has 2 aliphatic rings. The summed E-state index contributed by atoms with van der Waals surface area (Å²) >= 11 is 0. The van der Waals surface area contributed by atoms with E-state index in [1.54, 1.807) is 0 Å². The number of hydrogen-bond donors (Lipinski definition) is 0. The lowest BCUT2D eigenvalue weighted by molar-refractivity contribution is -0.136. The summed E-state index contributed by atoms with van der Waals surface area (Å²) in [4.78, 5) is 17.0. The predicted octanol–water partition coefficient (Wildman–Crippen LogP) is 2.35. The molecule has 4 nitrogen and oxygen atoms in total. The second kappa shape index (κ2) is 8.45. The number of ether oxygens (including phenoxy) is 1. The molecule has 3 rings (SSSR count). The van der Waals surface area contributed by atoms with Crippen molar-refractivity contribution < 1.29 is 9.53 Å². The molecule has 0 N–H and O–H groups in total. The summed E-state index contributed by atoms with van der Waals surface area (Å²) in [5, 5.41) is 0. The van der Waals surface area contributed by atoms with Gasteiger partial charge in [0.15, 0.2) is 0 Å². The van der Waals surface area contributed by atoms with E-state index in [4.69, 9.17) is 4.74 Å². The molecule has 130 valence electrons. The van der Waals surface area contributed by atoms with Gasteiger partial charge in [-0.1, -0.05) is 36.4 Å². The molecule has 2 atom stereocenters. The minimum absolute atomic E-state index is 0.189. The summed E-state index contributed by atoms with van der Waals surface area (Å²) in [6.07, 6.45) is 4.59. The average Bonchev–Trinajstić information content (AvgIpc) is 2.82. The molecule has 1 amide bonds. The number of carbonyl (C=O) groups is 1. The number of piperidine rings is 1. The van der Waals surface area contributed by atoms with Gasteiger partial charge < -0.3 is 9.64 Å². The highest BCUT2D eigenvalue weighted by Crippen LogP contribution is 2.24. The Kier molecular flexibility index (Phi) is 6.05. The van der Waals surface area contributed by atoms with Crippen LogP contribution in [0.2, 0.25) is 0 Å². The Morgan fingerprint density at radius 3 is 2.88 bits per heavy atom. The highest BCUT2D eigenvalue weighted by molar-refractivity contribution is 5.76. The van der Waals surface area contributed by atoms with Crippen molar-refractivity contribution in [3.05, 3.63) is 48.6 Å². The van der Waals surface area contributed by atoms with Crippen LogP contribution in [0.4, 0.5) is 0 Å². The van der Waals surface area contributed by atoms with Gasteiger partial charge in [0.05, 0.1) is 12.7 Å². The molecule has 0 bridgehead atoms. The molecule has 4 heteroatoms. The molecular weight excluding hydrogens is 300 g/mol. The lowest BCUT2D eigenvalue weighted by atomic mass is 9.93. The maximum absolute atomic E-state index is 12.5. The third kappa shape index (κ3) is 4.46. The highest BCUT2D eigenvalue weighted by atomic mass is 16.5. The molecule has 1 aromatic rings. The van der Waals surface area contributed by atoms with Gasteiger partial charge in [-0.25, -0.2) is 0 Å². The van der Waals surface area contributed by atoms with Crippen LogP contribution in [-0.4, -0.2) is 61.1 Å². The van der Waals surface area contributed by atoms with Crippen molar-refractivity contribution in [1.29, 1.82) is 0 Å². The average molecular weight is 328 g/mol. The van der Waals surface area contributed by atoms with Crippen LogP contribution >= 0.6 is 0 Å². The molecule has 0 radical (unpaired) electrons. The van der Waals surface area contributed by atoms with Crippen LogP contribution < -0.4 is 0 Å². The number of amides is 1.